The highest BCUT2D eigenvalue weighted by Gasteiger charge is 2.34. The van der Waals surface area contributed by atoms with Crippen LogP contribution in [-0.4, -0.2) is 50.8 Å². The van der Waals surface area contributed by atoms with Gasteiger partial charge in [0, 0.05) is 57.6 Å². The molecule has 1 aliphatic rings. The van der Waals surface area contributed by atoms with Crippen LogP contribution in [0.4, 0.5) is 18.9 Å². The standard InChI is InChI=1S/C30H35ClF3N3O.ClH/c1-23(24-8-3-2-4-9-24)21-36(22-25-10-5-13-28(29(25)31)30(32,33)34)16-7-19-38-27-12-6-11-26(20-27)37-17-14-35-15-18-37;/h2-6,8-13,20,23,35H,7,14-19,21-22H2,1H3;1H/t23-;/m1./s1. The molecule has 3 aromatic rings. The fourth-order valence-corrected chi connectivity index (χ4v) is 5.14. The van der Waals surface area contributed by atoms with Crippen LogP contribution in [0.15, 0.2) is 72.8 Å². The van der Waals surface area contributed by atoms with Gasteiger partial charge >= 0.3 is 6.18 Å². The van der Waals surface area contributed by atoms with E-state index in [2.05, 4.69) is 46.3 Å². The maximum Gasteiger partial charge on any atom is 0.417 e. The average molecular weight is 583 g/mol. The molecule has 0 aliphatic carbocycles. The molecule has 1 atom stereocenters. The van der Waals surface area contributed by atoms with Crippen molar-refractivity contribution >= 4 is 29.7 Å². The van der Waals surface area contributed by atoms with Crippen molar-refractivity contribution in [3.8, 4) is 5.75 Å². The zero-order chi connectivity index (χ0) is 27.0. The lowest BCUT2D eigenvalue weighted by Gasteiger charge is -2.29. The van der Waals surface area contributed by atoms with Crippen molar-refractivity contribution in [2.24, 2.45) is 0 Å². The summed E-state index contributed by atoms with van der Waals surface area (Å²) in [6, 6.07) is 22.4. The molecule has 1 heterocycles. The van der Waals surface area contributed by atoms with Gasteiger partial charge in [0.1, 0.15) is 5.75 Å². The Balaban J connectivity index is 0.00000420. The van der Waals surface area contributed by atoms with Crippen molar-refractivity contribution in [2.45, 2.75) is 32.0 Å². The monoisotopic (exact) mass is 581 g/mol. The van der Waals surface area contributed by atoms with E-state index in [1.807, 2.05) is 30.3 Å². The van der Waals surface area contributed by atoms with Gasteiger partial charge < -0.3 is 15.0 Å². The van der Waals surface area contributed by atoms with Crippen LogP contribution in [0.5, 0.6) is 5.75 Å². The molecular formula is C30H36Cl2F3N3O. The highest BCUT2D eigenvalue weighted by Crippen LogP contribution is 2.36. The van der Waals surface area contributed by atoms with Crippen molar-refractivity contribution in [1.29, 1.82) is 0 Å². The predicted molar refractivity (Wildman–Crippen MR) is 155 cm³/mol. The van der Waals surface area contributed by atoms with E-state index in [-0.39, 0.29) is 23.3 Å². The van der Waals surface area contributed by atoms with Crippen LogP contribution in [0.25, 0.3) is 0 Å². The third-order valence-corrected chi connectivity index (χ3v) is 7.31. The molecule has 4 nitrogen and oxygen atoms in total. The number of hydrogen-bond donors (Lipinski definition) is 1. The molecule has 0 saturated carbocycles. The first-order valence-corrected chi connectivity index (χ1v) is 13.5. The minimum Gasteiger partial charge on any atom is -0.493 e. The Morgan fingerprint density at radius 1 is 1.00 bits per heavy atom. The van der Waals surface area contributed by atoms with Crippen molar-refractivity contribution in [3.63, 3.8) is 0 Å². The van der Waals surface area contributed by atoms with E-state index in [9.17, 15) is 13.2 Å². The second-order valence-electron chi connectivity index (χ2n) is 9.76. The summed E-state index contributed by atoms with van der Waals surface area (Å²) in [6.45, 7) is 8.21. The molecule has 0 bridgehead atoms. The molecular weight excluding hydrogens is 546 g/mol. The van der Waals surface area contributed by atoms with Crippen LogP contribution < -0.4 is 15.0 Å². The van der Waals surface area contributed by atoms with Gasteiger partial charge in [0.2, 0.25) is 0 Å². The van der Waals surface area contributed by atoms with Gasteiger partial charge in [0.15, 0.2) is 0 Å². The molecule has 4 rings (SSSR count). The Morgan fingerprint density at radius 2 is 1.72 bits per heavy atom. The quantitative estimate of drug-likeness (QED) is 0.241. The number of rotatable bonds is 11. The molecule has 0 radical (unpaired) electrons. The first-order chi connectivity index (χ1) is 18.3. The second kappa shape index (κ2) is 14.8. The van der Waals surface area contributed by atoms with Crippen LogP contribution in [0.2, 0.25) is 5.02 Å². The topological polar surface area (TPSA) is 27.7 Å². The van der Waals surface area contributed by atoms with E-state index < -0.39 is 11.7 Å². The summed E-state index contributed by atoms with van der Waals surface area (Å²) in [4.78, 5) is 4.51. The van der Waals surface area contributed by atoms with Crippen molar-refractivity contribution in [3.05, 3.63) is 94.5 Å². The molecule has 0 spiro atoms. The highest BCUT2D eigenvalue weighted by atomic mass is 35.5. The highest BCUT2D eigenvalue weighted by molar-refractivity contribution is 6.32. The number of nitrogens with one attached hydrogen (secondary N) is 1. The van der Waals surface area contributed by atoms with E-state index >= 15 is 0 Å². The van der Waals surface area contributed by atoms with Gasteiger partial charge in [-0.2, -0.15) is 13.2 Å². The minimum absolute atomic E-state index is 0. The molecule has 1 saturated heterocycles. The third kappa shape index (κ3) is 9.04. The SMILES string of the molecule is C[C@H](CN(CCCOc1cccc(N2CCNCC2)c1)Cc1cccc(C(F)(F)F)c1Cl)c1ccccc1.Cl. The van der Waals surface area contributed by atoms with Crippen LogP contribution >= 0.6 is 24.0 Å². The number of anilines is 1. The maximum atomic E-state index is 13.4. The number of piperazine rings is 1. The Morgan fingerprint density at radius 3 is 2.44 bits per heavy atom. The van der Waals surface area contributed by atoms with Gasteiger partial charge in [-0.25, -0.2) is 0 Å². The van der Waals surface area contributed by atoms with E-state index in [4.69, 9.17) is 16.3 Å². The largest absolute Gasteiger partial charge is 0.493 e. The summed E-state index contributed by atoms with van der Waals surface area (Å²) in [5.41, 5.74) is 2.03. The fraction of sp³-hybridized carbons (Fsp3) is 0.400. The number of nitrogens with zero attached hydrogens (tertiary/aromatic N) is 2. The summed E-state index contributed by atoms with van der Waals surface area (Å²) >= 11 is 6.23. The average Bonchev–Trinajstić information content (AvgIpc) is 2.92. The molecule has 1 N–H and O–H groups in total. The molecule has 1 fully saturated rings. The normalized spacial score (nSPS) is 14.7. The van der Waals surface area contributed by atoms with Crippen molar-refractivity contribution in [1.82, 2.24) is 10.2 Å². The van der Waals surface area contributed by atoms with Gasteiger partial charge in [0.05, 0.1) is 17.2 Å². The van der Waals surface area contributed by atoms with Gasteiger partial charge in [-0.3, -0.25) is 4.90 Å². The number of halogens is 5. The molecule has 0 unspecified atom stereocenters. The Labute approximate surface area is 240 Å². The molecule has 9 heteroatoms. The molecule has 1 aliphatic heterocycles. The first-order valence-electron chi connectivity index (χ1n) is 13.1. The Bertz CT molecular complexity index is 1160. The lowest BCUT2D eigenvalue weighted by Crippen LogP contribution is -2.43. The second-order valence-corrected chi connectivity index (χ2v) is 10.1. The number of ether oxygens (including phenoxy) is 1. The number of hydrogen-bond acceptors (Lipinski definition) is 4. The van der Waals surface area contributed by atoms with E-state index in [0.29, 0.717) is 31.8 Å². The van der Waals surface area contributed by atoms with Gasteiger partial charge in [-0.15, -0.1) is 12.4 Å². The maximum absolute atomic E-state index is 13.4. The Kier molecular flexibility index (Phi) is 11.8. The third-order valence-electron chi connectivity index (χ3n) is 6.87. The van der Waals surface area contributed by atoms with Crippen LogP contribution in [-0.2, 0) is 12.7 Å². The summed E-state index contributed by atoms with van der Waals surface area (Å²) in [7, 11) is 0. The zero-order valence-corrected chi connectivity index (χ0v) is 23.7. The first kappa shape index (κ1) is 31.1. The van der Waals surface area contributed by atoms with E-state index in [0.717, 1.165) is 50.1 Å². The summed E-state index contributed by atoms with van der Waals surface area (Å²) < 4.78 is 46.4. The summed E-state index contributed by atoms with van der Waals surface area (Å²) in [6.07, 6.45) is -3.75. The molecule has 0 aromatic heterocycles. The lowest BCUT2D eigenvalue weighted by atomic mass is 10.00. The molecule has 39 heavy (non-hydrogen) atoms. The number of benzene rings is 3. The minimum atomic E-state index is -4.48. The Hall–Kier alpha value is -2.45. The van der Waals surface area contributed by atoms with Crippen molar-refractivity contribution in [2.75, 3.05) is 50.8 Å². The smallest absolute Gasteiger partial charge is 0.417 e. The van der Waals surface area contributed by atoms with Gasteiger partial charge in [0.25, 0.3) is 0 Å². The fourth-order valence-electron chi connectivity index (χ4n) is 4.84. The summed E-state index contributed by atoms with van der Waals surface area (Å²) in [5, 5.41) is 3.14. The van der Waals surface area contributed by atoms with Crippen LogP contribution in [0, 0.1) is 0 Å². The summed E-state index contributed by atoms with van der Waals surface area (Å²) in [5.74, 6) is 1.03. The number of alkyl halides is 3. The lowest BCUT2D eigenvalue weighted by molar-refractivity contribution is -0.137. The van der Waals surface area contributed by atoms with Crippen molar-refractivity contribution < 1.29 is 17.9 Å². The zero-order valence-electron chi connectivity index (χ0n) is 22.1. The predicted octanol–water partition coefficient (Wildman–Crippen LogP) is 7.27. The molecule has 3 aromatic carbocycles. The van der Waals surface area contributed by atoms with Crippen LogP contribution in [0.1, 0.15) is 36.0 Å². The molecule has 0 amide bonds. The van der Waals surface area contributed by atoms with E-state index in [1.165, 1.54) is 11.6 Å². The van der Waals surface area contributed by atoms with Gasteiger partial charge in [-0.05, 0) is 41.7 Å². The molecule has 212 valence electrons. The van der Waals surface area contributed by atoms with E-state index in [1.54, 1.807) is 6.07 Å². The van der Waals surface area contributed by atoms with Gasteiger partial charge in [-0.1, -0.05) is 67.1 Å². The van der Waals surface area contributed by atoms with Crippen LogP contribution in [0.3, 0.4) is 0 Å².